The summed E-state index contributed by atoms with van der Waals surface area (Å²) in [6, 6.07) is 10.7. The second-order valence-corrected chi connectivity index (χ2v) is 10.1. The van der Waals surface area contributed by atoms with E-state index in [0.717, 1.165) is 37.3 Å². The number of nitrogens with zero attached hydrogens (tertiary/aromatic N) is 1. The third kappa shape index (κ3) is 6.83. The van der Waals surface area contributed by atoms with Crippen LogP contribution in [0, 0.1) is 5.82 Å². The molecule has 0 saturated carbocycles. The third-order valence-corrected chi connectivity index (χ3v) is 7.30. The third-order valence-electron chi connectivity index (χ3n) is 5.68. The van der Waals surface area contributed by atoms with Gasteiger partial charge >= 0.3 is 4.87 Å². The van der Waals surface area contributed by atoms with E-state index in [-0.39, 0.29) is 22.4 Å². The van der Waals surface area contributed by atoms with Crippen molar-refractivity contribution in [2.24, 2.45) is 0 Å². The van der Waals surface area contributed by atoms with E-state index < -0.39 is 17.8 Å². The zero-order valence-electron chi connectivity index (χ0n) is 18.6. The fourth-order valence-corrected chi connectivity index (χ4v) is 4.98. The number of benzene rings is 2. The van der Waals surface area contributed by atoms with E-state index in [2.05, 4.69) is 15.2 Å². The first kappa shape index (κ1) is 25.7. The first-order valence-corrected chi connectivity index (χ1v) is 12.6. The van der Waals surface area contributed by atoms with Crippen LogP contribution in [0.2, 0.25) is 10.0 Å². The highest BCUT2D eigenvalue weighted by atomic mass is 35.5. The first-order valence-electron chi connectivity index (χ1n) is 11.1. The van der Waals surface area contributed by atoms with Crippen molar-refractivity contribution in [2.75, 3.05) is 26.2 Å². The highest BCUT2D eigenvalue weighted by Gasteiger charge is 2.23. The maximum absolute atomic E-state index is 13.2. The minimum absolute atomic E-state index is 0.0352. The molecule has 1 aliphatic rings. The number of aromatic nitrogens is 1. The second kappa shape index (κ2) is 11.5. The molecule has 0 aliphatic carbocycles. The number of H-pyrrole nitrogens is 1. The van der Waals surface area contributed by atoms with Gasteiger partial charge in [0.2, 0.25) is 0 Å². The molecule has 3 N–H and O–H groups in total. The number of aliphatic hydroxyl groups is 1. The number of likely N-dealkylation sites (tertiary alicyclic amines) is 1. The van der Waals surface area contributed by atoms with Gasteiger partial charge in [0.05, 0.1) is 21.8 Å². The summed E-state index contributed by atoms with van der Waals surface area (Å²) in [5.74, 6) is -0.210. The van der Waals surface area contributed by atoms with E-state index in [1.807, 2.05) is 0 Å². The molecule has 0 spiro atoms. The molecule has 1 aromatic heterocycles. The van der Waals surface area contributed by atoms with Crippen molar-refractivity contribution in [3.63, 3.8) is 0 Å². The maximum Gasteiger partial charge on any atom is 0.305 e. The average Bonchev–Trinajstić information content (AvgIpc) is 3.23. The Labute approximate surface area is 215 Å². The molecular formula is C24H24Cl2FN3O4S. The van der Waals surface area contributed by atoms with Crippen molar-refractivity contribution in [3.05, 3.63) is 72.9 Å². The normalized spacial score (nSPS) is 15.7. The minimum Gasteiger partial charge on any atom is -0.490 e. The van der Waals surface area contributed by atoms with Gasteiger partial charge in [0.25, 0.3) is 5.91 Å². The number of halogens is 3. The number of carbonyl (C=O) groups excluding carboxylic acids is 1. The number of piperidine rings is 1. The van der Waals surface area contributed by atoms with Gasteiger partial charge in [-0.2, -0.15) is 0 Å². The Morgan fingerprint density at radius 2 is 1.91 bits per heavy atom. The van der Waals surface area contributed by atoms with E-state index in [0.29, 0.717) is 33.6 Å². The number of ether oxygens (including phenoxy) is 1. The van der Waals surface area contributed by atoms with Crippen molar-refractivity contribution in [1.29, 1.82) is 0 Å². The summed E-state index contributed by atoms with van der Waals surface area (Å²) in [4.78, 5) is 29.1. The number of amides is 1. The summed E-state index contributed by atoms with van der Waals surface area (Å²) >= 11 is 12.8. The highest BCUT2D eigenvalue weighted by molar-refractivity contribution is 7.11. The van der Waals surface area contributed by atoms with Crippen LogP contribution < -0.4 is 14.9 Å². The summed E-state index contributed by atoms with van der Waals surface area (Å²) < 4.78 is 19.2. The van der Waals surface area contributed by atoms with Crippen LogP contribution in [-0.2, 0) is 0 Å². The fraction of sp³-hybridized carbons (Fsp3) is 0.333. The molecule has 1 fully saturated rings. The number of aromatic amines is 1. The molecule has 1 saturated heterocycles. The first-order chi connectivity index (χ1) is 16.8. The van der Waals surface area contributed by atoms with Crippen LogP contribution >= 0.6 is 34.5 Å². The van der Waals surface area contributed by atoms with Gasteiger partial charge in [-0.3, -0.25) is 9.59 Å². The lowest BCUT2D eigenvalue weighted by molar-refractivity contribution is 0.0594. The lowest BCUT2D eigenvalue weighted by atomic mass is 10.1. The topological polar surface area (TPSA) is 94.7 Å². The SMILES string of the molecule is O=C(NC[C@@H](O)CN1CCC(Oc2ccc(Cl)c(Cl)c2)CC1)c1sc(=O)[nH]c1-c1ccc(F)cc1. The number of aliphatic hydroxyl groups excluding tert-OH is 1. The number of thiazole rings is 1. The zero-order chi connectivity index (χ0) is 24.9. The fourth-order valence-electron chi connectivity index (χ4n) is 3.91. The second-order valence-electron chi connectivity index (χ2n) is 8.28. The molecule has 2 heterocycles. The smallest absolute Gasteiger partial charge is 0.305 e. The number of hydrogen-bond acceptors (Lipinski definition) is 6. The van der Waals surface area contributed by atoms with Crippen LogP contribution in [-0.4, -0.2) is 59.3 Å². The van der Waals surface area contributed by atoms with Gasteiger partial charge in [-0.25, -0.2) is 4.39 Å². The molecule has 4 rings (SSSR count). The van der Waals surface area contributed by atoms with Gasteiger partial charge in [-0.05, 0) is 54.8 Å². The van der Waals surface area contributed by atoms with Crippen LogP contribution in [0.15, 0.2) is 47.3 Å². The Kier molecular flexibility index (Phi) is 8.46. The van der Waals surface area contributed by atoms with Crippen molar-refractivity contribution < 1.29 is 19.0 Å². The largest absolute Gasteiger partial charge is 0.490 e. The van der Waals surface area contributed by atoms with Crippen molar-refractivity contribution in [3.8, 4) is 17.0 Å². The summed E-state index contributed by atoms with van der Waals surface area (Å²) in [6.07, 6.45) is 0.841. The molecule has 0 bridgehead atoms. The van der Waals surface area contributed by atoms with Gasteiger partial charge in [-0.15, -0.1) is 0 Å². The Hall–Kier alpha value is -2.43. The zero-order valence-corrected chi connectivity index (χ0v) is 20.9. The Morgan fingerprint density at radius 3 is 2.60 bits per heavy atom. The van der Waals surface area contributed by atoms with Crippen LogP contribution in [0.4, 0.5) is 4.39 Å². The Bertz CT molecular complexity index is 1230. The van der Waals surface area contributed by atoms with Crippen molar-refractivity contribution in [1.82, 2.24) is 15.2 Å². The molecule has 0 unspecified atom stereocenters. The van der Waals surface area contributed by atoms with Gasteiger partial charge in [0.15, 0.2) is 0 Å². The molecular weight excluding hydrogens is 516 g/mol. The van der Waals surface area contributed by atoms with Crippen molar-refractivity contribution in [2.45, 2.75) is 25.0 Å². The molecule has 7 nitrogen and oxygen atoms in total. The van der Waals surface area contributed by atoms with Gasteiger partial charge < -0.3 is 25.0 Å². The predicted molar refractivity (Wildman–Crippen MR) is 135 cm³/mol. The number of hydrogen-bond donors (Lipinski definition) is 3. The van der Waals surface area contributed by atoms with E-state index in [1.165, 1.54) is 24.3 Å². The summed E-state index contributed by atoms with van der Waals surface area (Å²) in [6.45, 7) is 1.91. The molecule has 2 aromatic carbocycles. The Morgan fingerprint density at radius 1 is 1.20 bits per heavy atom. The molecule has 35 heavy (non-hydrogen) atoms. The van der Waals surface area contributed by atoms with Gasteiger partial charge in [0.1, 0.15) is 22.5 Å². The number of β-amino-alcohol motifs (C(OH)–C–C–N with tert-alkyl or cyclic N) is 1. The van der Waals surface area contributed by atoms with Gasteiger partial charge in [0, 0.05) is 32.2 Å². The molecule has 1 atom stereocenters. The molecule has 11 heteroatoms. The van der Waals surface area contributed by atoms with E-state index in [4.69, 9.17) is 27.9 Å². The lowest BCUT2D eigenvalue weighted by Gasteiger charge is -2.33. The molecule has 186 valence electrons. The Balaban J connectivity index is 1.24. The lowest BCUT2D eigenvalue weighted by Crippen LogP contribution is -2.45. The molecule has 0 radical (unpaired) electrons. The number of carbonyl (C=O) groups is 1. The molecule has 1 amide bonds. The quantitative estimate of drug-likeness (QED) is 0.399. The van der Waals surface area contributed by atoms with Crippen LogP contribution in [0.3, 0.4) is 0 Å². The van der Waals surface area contributed by atoms with E-state index >= 15 is 0 Å². The van der Waals surface area contributed by atoms with Crippen LogP contribution in [0.1, 0.15) is 22.5 Å². The standard InChI is InChI=1S/C24H24Cl2FN3O4S/c25-19-6-5-18(11-20(19)26)34-17-7-9-30(10-8-17)13-16(31)12-28-23(32)22-21(29-24(33)35-22)14-1-3-15(27)4-2-14/h1-6,11,16-17,31H,7-10,12-13H2,(H,28,32)(H,29,33)/t16-/m1/s1. The predicted octanol–water partition coefficient (Wildman–Crippen LogP) is 4.18. The van der Waals surface area contributed by atoms with E-state index in [9.17, 15) is 19.1 Å². The van der Waals surface area contributed by atoms with Gasteiger partial charge in [-0.1, -0.05) is 34.5 Å². The summed E-state index contributed by atoms with van der Waals surface area (Å²) in [5, 5.41) is 14.1. The number of rotatable bonds is 8. The van der Waals surface area contributed by atoms with Crippen molar-refractivity contribution >= 4 is 40.4 Å². The van der Waals surface area contributed by atoms with E-state index in [1.54, 1.807) is 18.2 Å². The minimum atomic E-state index is -0.781. The summed E-state index contributed by atoms with van der Waals surface area (Å²) in [7, 11) is 0. The number of nitrogens with one attached hydrogen (secondary N) is 2. The maximum atomic E-state index is 13.2. The molecule has 3 aromatic rings. The average molecular weight is 540 g/mol. The highest BCUT2D eigenvalue weighted by Crippen LogP contribution is 2.28. The van der Waals surface area contributed by atoms with Crippen LogP contribution in [0.5, 0.6) is 5.75 Å². The summed E-state index contributed by atoms with van der Waals surface area (Å²) in [5.41, 5.74) is 0.859. The molecule has 1 aliphatic heterocycles. The van der Waals surface area contributed by atoms with Crippen LogP contribution in [0.25, 0.3) is 11.3 Å². The monoisotopic (exact) mass is 539 g/mol.